The lowest BCUT2D eigenvalue weighted by Crippen LogP contribution is -1.94. The molecule has 0 unspecified atom stereocenters. The van der Waals surface area contributed by atoms with Crippen LogP contribution in [0.3, 0.4) is 0 Å². The topological polar surface area (TPSA) is 12.9 Å². The highest BCUT2D eigenvalue weighted by Gasteiger charge is 2.02. The van der Waals surface area contributed by atoms with Gasteiger partial charge >= 0.3 is 0 Å². The molecule has 1 heterocycles. The molecule has 0 radical (unpaired) electrons. The molecule has 0 fully saturated rings. The predicted molar refractivity (Wildman–Crippen MR) is 60.1 cm³/mol. The van der Waals surface area contributed by atoms with Crippen LogP contribution in [0.2, 0.25) is 5.15 Å². The first-order valence-electron chi connectivity index (χ1n) is 4.39. The van der Waals surface area contributed by atoms with Gasteiger partial charge in [-0.2, -0.15) is 0 Å². The van der Waals surface area contributed by atoms with Crippen molar-refractivity contribution >= 4 is 27.5 Å². The lowest BCUT2D eigenvalue weighted by molar-refractivity contribution is 0.585. The molecule has 0 aliphatic heterocycles. The third-order valence-corrected chi connectivity index (χ3v) is 2.83. The third-order valence-electron chi connectivity index (χ3n) is 1.89. The minimum absolute atomic E-state index is 0.542. The average Bonchev–Trinajstić information content (AvgIpc) is 2.02. The molecule has 0 aliphatic carbocycles. The number of nitrogens with zero attached hydrogens (tertiary/aromatic N) is 1. The second-order valence-electron chi connectivity index (χ2n) is 3.53. The molecule has 0 bridgehead atoms. The van der Waals surface area contributed by atoms with Crippen LogP contribution in [0.15, 0.2) is 16.7 Å². The van der Waals surface area contributed by atoms with Gasteiger partial charge in [-0.25, -0.2) is 4.98 Å². The van der Waals surface area contributed by atoms with E-state index in [1.54, 1.807) is 0 Å². The van der Waals surface area contributed by atoms with Crippen LogP contribution in [0.5, 0.6) is 0 Å². The first-order valence-corrected chi connectivity index (χ1v) is 5.56. The van der Waals surface area contributed by atoms with Gasteiger partial charge in [0.1, 0.15) is 5.15 Å². The van der Waals surface area contributed by atoms with Crippen molar-refractivity contribution in [2.45, 2.75) is 26.7 Å². The van der Waals surface area contributed by atoms with Gasteiger partial charge < -0.3 is 0 Å². The van der Waals surface area contributed by atoms with Crippen LogP contribution in [0, 0.1) is 5.92 Å². The minimum atomic E-state index is 0.542. The molecule has 1 nitrogen and oxygen atoms in total. The van der Waals surface area contributed by atoms with Crippen molar-refractivity contribution in [2.24, 2.45) is 5.92 Å². The van der Waals surface area contributed by atoms with Crippen LogP contribution in [0.4, 0.5) is 0 Å². The highest BCUT2D eigenvalue weighted by Crippen LogP contribution is 2.21. The Hall–Kier alpha value is -0.0800. The number of aromatic nitrogens is 1. The van der Waals surface area contributed by atoms with E-state index in [-0.39, 0.29) is 0 Å². The molecular formula is C10H13BrClN. The van der Waals surface area contributed by atoms with Crippen molar-refractivity contribution in [2.75, 3.05) is 0 Å². The highest BCUT2D eigenvalue weighted by molar-refractivity contribution is 9.10. The summed E-state index contributed by atoms with van der Waals surface area (Å²) in [7, 11) is 0. The Morgan fingerprint density at radius 1 is 1.54 bits per heavy atom. The van der Waals surface area contributed by atoms with E-state index in [0.717, 1.165) is 16.8 Å². The SMILES string of the molecule is CC(C)CCc1cnc(Cl)cc1Br. The summed E-state index contributed by atoms with van der Waals surface area (Å²) in [5, 5.41) is 0.542. The third kappa shape index (κ3) is 3.65. The van der Waals surface area contributed by atoms with Gasteiger partial charge in [0.2, 0.25) is 0 Å². The van der Waals surface area contributed by atoms with E-state index in [0.29, 0.717) is 5.15 Å². The van der Waals surface area contributed by atoms with Crippen molar-refractivity contribution in [3.8, 4) is 0 Å². The fourth-order valence-electron chi connectivity index (χ4n) is 1.06. The number of rotatable bonds is 3. The lowest BCUT2D eigenvalue weighted by atomic mass is 10.0. The van der Waals surface area contributed by atoms with E-state index >= 15 is 0 Å². The van der Waals surface area contributed by atoms with E-state index in [2.05, 4.69) is 34.8 Å². The molecular weight excluding hydrogens is 249 g/mol. The Morgan fingerprint density at radius 3 is 2.77 bits per heavy atom. The number of pyridine rings is 1. The van der Waals surface area contributed by atoms with E-state index in [1.807, 2.05) is 12.3 Å². The molecule has 3 heteroatoms. The zero-order chi connectivity index (χ0) is 9.84. The first kappa shape index (κ1) is 11.0. The maximum absolute atomic E-state index is 5.74. The summed E-state index contributed by atoms with van der Waals surface area (Å²) in [5.74, 6) is 0.725. The van der Waals surface area contributed by atoms with Crippen LogP contribution in [-0.2, 0) is 6.42 Å². The van der Waals surface area contributed by atoms with Gasteiger partial charge in [0.15, 0.2) is 0 Å². The van der Waals surface area contributed by atoms with Gasteiger partial charge in [-0.3, -0.25) is 0 Å². The van der Waals surface area contributed by atoms with E-state index in [1.165, 1.54) is 12.0 Å². The van der Waals surface area contributed by atoms with E-state index < -0.39 is 0 Å². The van der Waals surface area contributed by atoms with Gasteiger partial charge in [-0.05, 0) is 30.4 Å². The Labute approximate surface area is 92.6 Å². The molecule has 0 saturated heterocycles. The highest BCUT2D eigenvalue weighted by atomic mass is 79.9. The van der Waals surface area contributed by atoms with Gasteiger partial charge in [-0.1, -0.05) is 41.4 Å². The first-order chi connectivity index (χ1) is 6.09. The molecule has 0 atom stereocenters. The Kier molecular flexibility index (Phi) is 4.20. The quantitative estimate of drug-likeness (QED) is 0.748. The summed E-state index contributed by atoms with van der Waals surface area (Å²) >= 11 is 9.21. The number of hydrogen-bond donors (Lipinski definition) is 0. The summed E-state index contributed by atoms with van der Waals surface area (Å²) in [4.78, 5) is 4.05. The van der Waals surface area contributed by atoms with Crippen LogP contribution in [0.1, 0.15) is 25.8 Å². The molecule has 0 aliphatic rings. The molecule has 0 spiro atoms. The Morgan fingerprint density at radius 2 is 2.23 bits per heavy atom. The fourth-order valence-corrected chi connectivity index (χ4v) is 1.87. The molecule has 0 saturated carbocycles. The minimum Gasteiger partial charge on any atom is -0.244 e. The second-order valence-corrected chi connectivity index (χ2v) is 4.77. The Balaban J connectivity index is 2.67. The standard InChI is InChI=1S/C10H13BrClN/c1-7(2)3-4-8-6-13-10(12)5-9(8)11/h5-7H,3-4H2,1-2H3. The Bertz CT molecular complexity index is 286. The summed E-state index contributed by atoms with van der Waals surface area (Å²) < 4.78 is 1.06. The van der Waals surface area contributed by atoms with Crippen molar-refractivity contribution < 1.29 is 0 Å². The van der Waals surface area contributed by atoms with Gasteiger partial charge in [0.05, 0.1) is 0 Å². The summed E-state index contributed by atoms with van der Waals surface area (Å²) in [6.45, 7) is 4.44. The number of hydrogen-bond acceptors (Lipinski definition) is 1. The van der Waals surface area contributed by atoms with E-state index in [4.69, 9.17) is 11.6 Å². The van der Waals surface area contributed by atoms with Crippen molar-refractivity contribution in [3.63, 3.8) is 0 Å². The fraction of sp³-hybridized carbons (Fsp3) is 0.500. The summed E-state index contributed by atoms with van der Waals surface area (Å²) in [5.41, 5.74) is 1.23. The summed E-state index contributed by atoms with van der Waals surface area (Å²) in [6.07, 6.45) is 4.08. The van der Waals surface area contributed by atoms with Crippen molar-refractivity contribution in [1.82, 2.24) is 4.98 Å². The van der Waals surface area contributed by atoms with Gasteiger partial charge in [0, 0.05) is 10.7 Å². The largest absolute Gasteiger partial charge is 0.244 e. The summed E-state index contributed by atoms with van der Waals surface area (Å²) in [6, 6.07) is 1.84. The zero-order valence-corrected chi connectivity index (χ0v) is 10.2. The molecule has 1 aromatic heterocycles. The van der Waals surface area contributed by atoms with Crippen LogP contribution in [-0.4, -0.2) is 4.98 Å². The molecule has 1 aromatic rings. The maximum atomic E-state index is 5.74. The molecule has 72 valence electrons. The van der Waals surface area contributed by atoms with Crippen LogP contribution >= 0.6 is 27.5 Å². The maximum Gasteiger partial charge on any atom is 0.130 e. The van der Waals surface area contributed by atoms with Crippen molar-refractivity contribution in [1.29, 1.82) is 0 Å². The smallest absolute Gasteiger partial charge is 0.130 e. The monoisotopic (exact) mass is 261 g/mol. The molecule has 13 heavy (non-hydrogen) atoms. The van der Waals surface area contributed by atoms with Gasteiger partial charge in [0.25, 0.3) is 0 Å². The van der Waals surface area contributed by atoms with E-state index in [9.17, 15) is 0 Å². The molecule has 1 rings (SSSR count). The molecule has 0 amide bonds. The van der Waals surface area contributed by atoms with Gasteiger partial charge in [-0.15, -0.1) is 0 Å². The number of aryl methyl sites for hydroxylation is 1. The molecule has 0 N–H and O–H groups in total. The lowest BCUT2D eigenvalue weighted by Gasteiger charge is -2.06. The molecule has 0 aromatic carbocycles. The normalized spacial score (nSPS) is 10.8. The van der Waals surface area contributed by atoms with Crippen molar-refractivity contribution in [3.05, 3.63) is 27.5 Å². The van der Waals surface area contributed by atoms with Crippen LogP contribution in [0.25, 0.3) is 0 Å². The number of halogens is 2. The van der Waals surface area contributed by atoms with Crippen LogP contribution < -0.4 is 0 Å². The average molecular weight is 263 g/mol. The predicted octanol–water partition coefficient (Wildman–Crippen LogP) is 4.09. The second kappa shape index (κ2) is 4.97. The zero-order valence-electron chi connectivity index (χ0n) is 7.85.